The highest BCUT2D eigenvalue weighted by molar-refractivity contribution is 6.32. The van der Waals surface area contributed by atoms with Gasteiger partial charge in [0.2, 0.25) is 0 Å². The maximum absolute atomic E-state index is 6.11. The number of methoxy groups -OCH3 is 1. The van der Waals surface area contributed by atoms with Crippen molar-refractivity contribution in [1.82, 2.24) is 4.90 Å². The van der Waals surface area contributed by atoms with Gasteiger partial charge in [0.05, 0.1) is 12.1 Å². The third kappa shape index (κ3) is 6.00. The Hall–Kier alpha value is -0.480. The van der Waals surface area contributed by atoms with Crippen LogP contribution in [0, 0.1) is 5.41 Å². The van der Waals surface area contributed by atoms with E-state index in [2.05, 4.69) is 25.8 Å². The molecular formula is C14H24Cl2N2O. The van der Waals surface area contributed by atoms with Crippen LogP contribution in [0.2, 0.25) is 5.02 Å². The Bertz CT molecular complexity index is 397. The van der Waals surface area contributed by atoms with Gasteiger partial charge in [0.15, 0.2) is 0 Å². The van der Waals surface area contributed by atoms with Crippen LogP contribution in [-0.4, -0.2) is 32.1 Å². The van der Waals surface area contributed by atoms with E-state index in [9.17, 15) is 0 Å². The summed E-state index contributed by atoms with van der Waals surface area (Å²) in [7, 11) is 3.71. The molecule has 0 aliphatic heterocycles. The number of hydrogen-bond donors (Lipinski definition) is 1. The zero-order chi connectivity index (χ0) is 13.8. The van der Waals surface area contributed by atoms with Crippen molar-refractivity contribution in [2.45, 2.75) is 20.4 Å². The number of benzene rings is 1. The van der Waals surface area contributed by atoms with Crippen molar-refractivity contribution in [3.63, 3.8) is 0 Å². The van der Waals surface area contributed by atoms with E-state index in [4.69, 9.17) is 22.1 Å². The van der Waals surface area contributed by atoms with E-state index in [0.29, 0.717) is 17.3 Å². The molecule has 0 aliphatic rings. The number of halogens is 2. The quantitative estimate of drug-likeness (QED) is 0.877. The molecule has 5 heteroatoms. The molecule has 1 aromatic rings. The second-order valence-electron chi connectivity index (χ2n) is 5.51. The number of ether oxygens (including phenoxy) is 1. The van der Waals surface area contributed by atoms with E-state index in [-0.39, 0.29) is 17.8 Å². The molecule has 1 aromatic carbocycles. The van der Waals surface area contributed by atoms with Gasteiger partial charge in [-0.1, -0.05) is 31.5 Å². The molecule has 0 spiro atoms. The van der Waals surface area contributed by atoms with Crippen LogP contribution in [0.4, 0.5) is 0 Å². The Kier molecular flexibility index (Phi) is 7.75. The Morgan fingerprint density at radius 2 is 2.00 bits per heavy atom. The SMILES string of the molecule is COc1ccc(CN(C)CC(C)(C)CN)cc1Cl.Cl. The van der Waals surface area contributed by atoms with Crippen LogP contribution in [0.3, 0.4) is 0 Å². The first-order valence-electron chi connectivity index (χ1n) is 6.09. The van der Waals surface area contributed by atoms with E-state index in [1.807, 2.05) is 18.2 Å². The van der Waals surface area contributed by atoms with Crippen LogP contribution in [-0.2, 0) is 6.54 Å². The Labute approximate surface area is 127 Å². The Morgan fingerprint density at radius 3 is 2.47 bits per heavy atom. The Balaban J connectivity index is 0.00000324. The highest BCUT2D eigenvalue weighted by Crippen LogP contribution is 2.25. The van der Waals surface area contributed by atoms with Gasteiger partial charge < -0.3 is 15.4 Å². The molecule has 0 saturated heterocycles. The van der Waals surface area contributed by atoms with Crippen LogP contribution in [0.15, 0.2) is 18.2 Å². The van der Waals surface area contributed by atoms with Gasteiger partial charge in [-0.05, 0) is 36.7 Å². The van der Waals surface area contributed by atoms with E-state index >= 15 is 0 Å². The lowest BCUT2D eigenvalue weighted by Gasteiger charge is -2.29. The van der Waals surface area contributed by atoms with Crippen LogP contribution in [0.5, 0.6) is 5.75 Å². The third-order valence-corrected chi connectivity index (χ3v) is 3.21. The maximum Gasteiger partial charge on any atom is 0.137 e. The van der Waals surface area contributed by atoms with Crippen LogP contribution < -0.4 is 10.5 Å². The zero-order valence-electron chi connectivity index (χ0n) is 12.1. The van der Waals surface area contributed by atoms with Gasteiger partial charge in [-0.15, -0.1) is 12.4 Å². The molecular weight excluding hydrogens is 283 g/mol. The first kappa shape index (κ1) is 18.5. The fourth-order valence-electron chi connectivity index (χ4n) is 1.97. The number of nitrogens with two attached hydrogens (primary N) is 1. The van der Waals surface area contributed by atoms with Crippen molar-refractivity contribution < 1.29 is 4.74 Å². The largest absolute Gasteiger partial charge is 0.495 e. The summed E-state index contributed by atoms with van der Waals surface area (Å²) in [5, 5.41) is 0.654. The standard InChI is InChI=1S/C14H23ClN2O.ClH/c1-14(2,9-16)10-17(3)8-11-5-6-13(18-4)12(15)7-11;/h5-7H,8-10,16H2,1-4H3;1H. The first-order valence-corrected chi connectivity index (χ1v) is 6.47. The highest BCUT2D eigenvalue weighted by atomic mass is 35.5. The van der Waals surface area contributed by atoms with E-state index < -0.39 is 0 Å². The maximum atomic E-state index is 6.11. The molecule has 0 aliphatic carbocycles. The van der Waals surface area contributed by atoms with E-state index in [1.165, 1.54) is 5.56 Å². The van der Waals surface area contributed by atoms with Gasteiger partial charge in [-0.25, -0.2) is 0 Å². The van der Waals surface area contributed by atoms with E-state index in [0.717, 1.165) is 13.1 Å². The molecule has 1 rings (SSSR count). The summed E-state index contributed by atoms with van der Waals surface area (Å²) in [6.45, 7) is 6.83. The molecule has 0 radical (unpaired) electrons. The summed E-state index contributed by atoms with van der Waals surface area (Å²) >= 11 is 6.11. The first-order chi connectivity index (χ1) is 8.38. The van der Waals surface area contributed by atoms with Crippen LogP contribution >= 0.6 is 24.0 Å². The lowest BCUT2D eigenvalue weighted by Crippen LogP contribution is -2.36. The molecule has 19 heavy (non-hydrogen) atoms. The topological polar surface area (TPSA) is 38.5 Å². The molecule has 0 aromatic heterocycles. The van der Waals surface area contributed by atoms with Crippen molar-refractivity contribution in [3.8, 4) is 5.75 Å². The zero-order valence-corrected chi connectivity index (χ0v) is 13.6. The van der Waals surface area contributed by atoms with Crippen LogP contribution in [0.25, 0.3) is 0 Å². The fourth-order valence-corrected chi connectivity index (χ4v) is 2.25. The predicted octanol–water partition coefficient (Wildman–Crippen LogP) is 3.19. The molecule has 110 valence electrons. The van der Waals surface area contributed by atoms with Gasteiger partial charge >= 0.3 is 0 Å². The van der Waals surface area contributed by atoms with Crippen LogP contribution in [0.1, 0.15) is 19.4 Å². The number of nitrogens with zero attached hydrogens (tertiary/aromatic N) is 1. The minimum atomic E-state index is 0. The summed E-state index contributed by atoms with van der Waals surface area (Å²) < 4.78 is 5.14. The molecule has 0 saturated carbocycles. The molecule has 0 fully saturated rings. The molecule has 3 nitrogen and oxygen atoms in total. The molecule has 0 heterocycles. The molecule has 0 amide bonds. The fraction of sp³-hybridized carbons (Fsp3) is 0.571. The minimum Gasteiger partial charge on any atom is -0.495 e. The normalized spacial score (nSPS) is 11.3. The van der Waals surface area contributed by atoms with Crippen molar-refractivity contribution >= 4 is 24.0 Å². The van der Waals surface area contributed by atoms with Gasteiger partial charge in [-0.2, -0.15) is 0 Å². The van der Waals surface area contributed by atoms with Gasteiger partial charge in [0.1, 0.15) is 5.75 Å². The van der Waals surface area contributed by atoms with Gasteiger partial charge in [-0.3, -0.25) is 0 Å². The molecule has 0 bridgehead atoms. The molecule has 2 N–H and O–H groups in total. The van der Waals surface area contributed by atoms with Crippen molar-refractivity contribution in [3.05, 3.63) is 28.8 Å². The monoisotopic (exact) mass is 306 g/mol. The number of hydrogen-bond acceptors (Lipinski definition) is 3. The second kappa shape index (κ2) is 7.95. The van der Waals surface area contributed by atoms with Crippen molar-refractivity contribution in [2.75, 3.05) is 27.2 Å². The van der Waals surface area contributed by atoms with E-state index in [1.54, 1.807) is 7.11 Å². The Morgan fingerprint density at radius 1 is 1.37 bits per heavy atom. The predicted molar refractivity (Wildman–Crippen MR) is 84.4 cm³/mol. The average Bonchev–Trinajstić information content (AvgIpc) is 2.28. The van der Waals surface area contributed by atoms with Crippen molar-refractivity contribution in [2.24, 2.45) is 11.1 Å². The summed E-state index contributed by atoms with van der Waals surface area (Å²) in [5.74, 6) is 0.713. The minimum absolute atomic E-state index is 0. The lowest BCUT2D eigenvalue weighted by molar-refractivity contribution is 0.210. The highest BCUT2D eigenvalue weighted by Gasteiger charge is 2.18. The second-order valence-corrected chi connectivity index (χ2v) is 5.92. The molecule has 0 unspecified atom stereocenters. The molecule has 0 atom stereocenters. The lowest BCUT2D eigenvalue weighted by atomic mass is 9.93. The summed E-state index contributed by atoms with van der Waals surface area (Å²) in [5.41, 5.74) is 7.05. The third-order valence-electron chi connectivity index (χ3n) is 2.92. The summed E-state index contributed by atoms with van der Waals surface area (Å²) in [4.78, 5) is 2.25. The smallest absolute Gasteiger partial charge is 0.137 e. The summed E-state index contributed by atoms with van der Waals surface area (Å²) in [6.07, 6.45) is 0. The summed E-state index contributed by atoms with van der Waals surface area (Å²) in [6, 6.07) is 5.89. The van der Waals surface area contributed by atoms with Crippen molar-refractivity contribution in [1.29, 1.82) is 0 Å². The number of rotatable bonds is 6. The van der Waals surface area contributed by atoms with Gasteiger partial charge in [0, 0.05) is 13.1 Å². The van der Waals surface area contributed by atoms with Gasteiger partial charge in [0.25, 0.3) is 0 Å². The average molecular weight is 307 g/mol.